The van der Waals surface area contributed by atoms with Crippen LogP contribution in [0.1, 0.15) is 78.6 Å². The van der Waals surface area contributed by atoms with Crippen LogP contribution in [-0.2, 0) is 9.59 Å². The summed E-state index contributed by atoms with van der Waals surface area (Å²) < 4.78 is 0. The zero-order valence-electron chi connectivity index (χ0n) is 15.1. The van der Waals surface area contributed by atoms with Crippen LogP contribution >= 0.6 is 0 Å². The molecule has 0 amide bonds. The fraction of sp³-hybridized carbons (Fsp3) is 0.905. The smallest absolute Gasteiger partial charge is 0.133 e. The van der Waals surface area contributed by atoms with Crippen LogP contribution in [0.3, 0.4) is 0 Å². The molecule has 4 rings (SSSR count). The second kappa shape index (κ2) is 5.17. The molecular formula is C21H32O2. The summed E-state index contributed by atoms with van der Waals surface area (Å²) in [7, 11) is 0. The van der Waals surface area contributed by atoms with Gasteiger partial charge in [-0.05, 0) is 86.4 Å². The van der Waals surface area contributed by atoms with Crippen LogP contribution in [0.2, 0.25) is 0 Å². The van der Waals surface area contributed by atoms with E-state index in [4.69, 9.17) is 0 Å². The lowest BCUT2D eigenvalue weighted by atomic mass is 9.44. The van der Waals surface area contributed by atoms with Crippen LogP contribution < -0.4 is 0 Å². The van der Waals surface area contributed by atoms with Crippen molar-refractivity contribution < 1.29 is 9.59 Å². The lowest BCUT2D eigenvalue weighted by molar-refractivity contribution is -0.143. The molecule has 23 heavy (non-hydrogen) atoms. The lowest BCUT2D eigenvalue weighted by Gasteiger charge is -2.60. The van der Waals surface area contributed by atoms with E-state index in [0.717, 1.165) is 43.4 Å². The summed E-state index contributed by atoms with van der Waals surface area (Å²) >= 11 is 0. The summed E-state index contributed by atoms with van der Waals surface area (Å²) in [5.74, 6) is 4.25. The minimum absolute atomic E-state index is 0.265. The van der Waals surface area contributed by atoms with E-state index in [0.29, 0.717) is 28.8 Å². The normalized spacial score (nSPS) is 52.5. The molecule has 128 valence electrons. The summed E-state index contributed by atoms with van der Waals surface area (Å²) in [5.41, 5.74) is 0.660. The molecule has 0 aromatic carbocycles. The second-order valence-corrected chi connectivity index (χ2v) is 9.68. The fourth-order valence-electron chi connectivity index (χ4n) is 7.71. The molecule has 2 nitrogen and oxygen atoms in total. The quantitative estimate of drug-likeness (QED) is 0.696. The van der Waals surface area contributed by atoms with Gasteiger partial charge in [-0.3, -0.25) is 9.59 Å². The third kappa shape index (κ3) is 2.12. The minimum atomic E-state index is 0.265. The maximum Gasteiger partial charge on any atom is 0.133 e. The third-order valence-electron chi connectivity index (χ3n) is 8.97. The third-order valence-corrected chi connectivity index (χ3v) is 8.97. The van der Waals surface area contributed by atoms with Crippen LogP contribution in [0.5, 0.6) is 0 Å². The van der Waals surface area contributed by atoms with Gasteiger partial charge in [-0.1, -0.05) is 13.8 Å². The van der Waals surface area contributed by atoms with Crippen LogP contribution in [0, 0.1) is 40.4 Å². The van der Waals surface area contributed by atoms with Crippen molar-refractivity contribution >= 4 is 11.6 Å². The molecule has 0 aromatic heterocycles. The molecule has 0 N–H and O–H groups in total. The number of rotatable bonds is 1. The van der Waals surface area contributed by atoms with Gasteiger partial charge in [0.25, 0.3) is 0 Å². The number of ketones is 2. The number of carbonyl (C=O) groups excluding carboxylic acids is 2. The molecule has 6 unspecified atom stereocenters. The van der Waals surface area contributed by atoms with Crippen molar-refractivity contribution in [3.05, 3.63) is 0 Å². The van der Waals surface area contributed by atoms with E-state index >= 15 is 0 Å². The van der Waals surface area contributed by atoms with Gasteiger partial charge >= 0.3 is 0 Å². The molecule has 4 fully saturated rings. The van der Waals surface area contributed by atoms with Crippen molar-refractivity contribution in [2.45, 2.75) is 78.6 Å². The van der Waals surface area contributed by atoms with E-state index in [9.17, 15) is 9.59 Å². The molecule has 4 aliphatic carbocycles. The Hall–Kier alpha value is -0.660. The first kappa shape index (κ1) is 15.8. The number of hydrogen-bond acceptors (Lipinski definition) is 2. The van der Waals surface area contributed by atoms with Crippen molar-refractivity contribution in [2.75, 3.05) is 0 Å². The molecule has 4 saturated carbocycles. The van der Waals surface area contributed by atoms with E-state index in [1.807, 2.05) is 6.92 Å². The summed E-state index contributed by atoms with van der Waals surface area (Å²) in [6.45, 7) is 6.74. The Morgan fingerprint density at radius 2 is 1.70 bits per heavy atom. The maximum atomic E-state index is 12.2. The summed E-state index contributed by atoms with van der Waals surface area (Å²) in [4.78, 5) is 24.1. The second-order valence-electron chi connectivity index (χ2n) is 9.68. The Kier molecular flexibility index (Phi) is 3.56. The van der Waals surface area contributed by atoms with Gasteiger partial charge in [-0.15, -0.1) is 0 Å². The van der Waals surface area contributed by atoms with Crippen molar-refractivity contribution in [2.24, 2.45) is 40.4 Å². The Morgan fingerprint density at radius 3 is 2.43 bits per heavy atom. The first-order valence-electron chi connectivity index (χ1n) is 9.88. The van der Waals surface area contributed by atoms with Gasteiger partial charge in [-0.25, -0.2) is 0 Å². The fourth-order valence-corrected chi connectivity index (χ4v) is 7.71. The van der Waals surface area contributed by atoms with Gasteiger partial charge in [0.15, 0.2) is 0 Å². The minimum Gasteiger partial charge on any atom is -0.300 e. The zero-order valence-corrected chi connectivity index (χ0v) is 15.1. The van der Waals surface area contributed by atoms with Crippen molar-refractivity contribution in [1.29, 1.82) is 0 Å². The Balaban J connectivity index is 1.63. The van der Waals surface area contributed by atoms with Crippen LogP contribution in [0.15, 0.2) is 0 Å². The SMILES string of the molecule is CC(=O)C1CCC2C3CC[C@H]4CC(=O)CCC4(C)C3CCC12C. The van der Waals surface area contributed by atoms with Crippen LogP contribution in [0.25, 0.3) is 0 Å². The lowest BCUT2D eigenvalue weighted by Crippen LogP contribution is -2.53. The van der Waals surface area contributed by atoms with Crippen LogP contribution in [-0.4, -0.2) is 11.6 Å². The van der Waals surface area contributed by atoms with Gasteiger partial charge in [0.1, 0.15) is 11.6 Å². The number of carbonyl (C=O) groups is 2. The monoisotopic (exact) mass is 316 g/mol. The zero-order chi connectivity index (χ0) is 16.4. The predicted molar refractivity (Wildman–Crippen MR) is 90.9 cm³/mol. The van der Waals surface area contributed by atoms with E-state index in [2.05, 4.69) is 13.8 Å². The Morgan fingerprint density at radius 1 is 0.957 bits per heavy atom. The first-order chi connectivity index (χ1) is 10.9. The predicted octanol–water partition coefficient (Wildman–Crippen LogP) is 4.80. The molecule has 0 saturated heterocycles. The first-order valence-corrected chi connectivity index (χ1v) is 9.88. The molecule has 0 aliphatic heterocycles. The molecular weight excluding hydrogens is 284 g/mol. The molecule has 2 heteroatoms. The molecule has 4 aliphatic rings. The van der Waals surface area contributed by atoms with Gasteiger partial charge in [-0.2, -0.15) is 0 Å². The van der Waals surface area contributed by atoms with E-state index in [1.54, 1.807) is 0 Å². The molecule has 7 atom stereocenters. The topological polar surface area (TPSA) is 34.1 Å². The van der Waals surface area contributed by atoms with E-state index < -0.39 is 0 Å². The number of fused-ring (bicyclic) bond motifs is 5. The van der Waals surface area contributed by atoms with E-state index in [-0.39, 0.29) is 5.41 Å². The molecule has 0 bridgehead atoms. The number of hydrogen-bond donors (Lipinski definition) is 0. The van der Waals surface area contributed by atoms with Crippen LogP contribution in [0.4, 0.5) is 0 Å². The standard InChI is InChI=1S/C21H32O2/c1-13(22)17-6-7-18-16-5-4-14-12-15(23)8-10-20(14,2)19(16)9-11-21(17,18)3/h14,16-19H,4-12H2,1-3H3/t14-,16?,17?,18?,19?,20?,21?/m0/s1. The Bertz CT molecular complexity index is 538. The Labute approximate surface area is 140 Å². The summed E-state index contributed by atoms with van der Waals surface area (Å²) in [6.07, 6.45) is 10.3. The van der Waals surface area contributed by atoms with Gasteiger partial charge < -0.3 is 0 Å². The summed E-state index contributed by atoms with van der Waals surface area (Å²) in [5, 5.41) is 0. The molecule has 0 heterocycles. The number of Topliss-reactive ketones (excluding diaryl/α,β-unsaturated/α-hetero) is 2. The maximum absolute atomic E-state index is 12.2. The molecule has 0 radical (unpaired) electrons. The van der Waals surface area contributed by atoms with Gasteiger partial charge in [0.05, 0.1) is 0 Å². The summed E-state index contributed by atoms with van der Waals surface area (Å²) in [6, 6.07) is 0. The molecule has 0 spiro atoms. The van der Waals surface area contributed by atoms with Gasteiger partial charge in [0.2, 0.25) is 0 Å². The highest BCUT2D eigenvalue weighted by atomic mass is 16.1. The van der Waals surface area contributed by atoms with E-state index in [1.165, 1.54) is 32.1 Å². The molecule has 0 aromatic rings. The highest BCUT2D eigenvalue weighted by Crippen LogP contribution is 2.67. The highest BCUT2D eigenvalue weighted by molar-refractivity contribution is 5.80. The average Bonchev–Trinajstić information content (AvgIpc) is 2.85. The largest absolute Gasteiger partial charge is 0.300 e. The highest BCUT2D eigenvalue weighted by Gasteiger charge is 2.60. The average molecular weight is 316 g/mol. The van der Waals surface area contributed by atoms with Gasteiger partial charge in [0, 0.05) is 18.8 Å². The van der Waals surface area contributed by atoms with Crippen molar-refractivity contribution in [3.8, 4) is 0 Å². The van der Waals surface area contributed by atoms with Crippen molar-refractivity contribution in [3.63, 3.8) is 0 Å². The van der Waals surface area contributed by atoms with Crippen molar-refractivity contribution in [1.82, 2.24) is 0 Å².